The Morgan fingerprint density at radius 1 is 1.10 bits per heavy atom. The summed E-state index contributed by atoms with van der Waals surface area (Å²) in [4.78, 5) is 13.8. The first-order chi connectivity index (χ1) is 15.0. The molecule has 0 radical (unpaired) electrons. The summed E-state index contributed by atoms with van der Waals surface area (Å²) in [6.07, 6.45) is 0.530. The Hall–Kier alpha value is -2.64. The average molecular weight is 429 g/mol. The van der Waals surface area contributed by atoms with E-state index in [2.05, 4.69) is 4.90 Å². The predicted molar refractivity (Wildman–Crippen MR) is 113 cm³/mol. The molecule has 2 aromatic carbocycles. The number of hydrogen-bond donors (Lipinski definition) is 1. The zero-order valence-electron chi connectivity index (χ0n) is 17.8. The van der Waals surface area contributed by atoms with Crippen molar-refractivity contribution in [3.05, 3.63) is 59.4 Å². The maximum atomic E-state index is 14.5. The summed E-state index contributed by atoms with van der Waals surface area (Å²) in [5, 5.41) is 10.7. The highest BCUT2D eigenvalue weighted by atomic mass is 19.1. The molecule has 1 saturated heterocycles. The molecule has 2 aromatic rings. The highest BCUT2D eigenvalue weighted by molar-refractivity contribution is 5.89. The van der Waals surface area contributed by atoms with E-state index < -0.39 is 12.1 Å². The molecule has 4 rings (SSSR count). The van der Waals surface area contributed by atoms with Crippen molar-refractivity contribution in [1.82, 2.24) is 4.90 Å². The van der Waals surface area contributed by atoms with E-state index >= 15 is 0 Å². The summed E-state index contributed by atoms with van der Waals surface area (Å²) in [5.74, 6) is 0.920. The first-order valence-corrected chi connectivity index (χ1v) is 10.5. The molecule has 166 valence electrons. The van der Waals surface area contributed by atoms with Gasteiger partial charge in [0.25, 0.3) is 0 Å². The standard InChI is InChI=1S/C24H28FNO5/c1-29-21-5-3-4-16(23(21)25)12-26-13-17-10-20(27)22(11-18(17)14-26)31-19-8-6-15(7-9-19)24(28)30-2/h3-9,17-18,20,22,27H,10-14H2,1-2H3/t17-,18+,20+,22+/m0/s1. The number of rotatable bonds is 6. The second kappa shape index (κ2) is 9.24. The van der Waals surface area contributed by atoms with Gasteiger partial charge in [-0.2, -0.15) is 0 Å². The fraction of sp³-hybridized carbons (Fsp3) is 0.458. The van der Waals surface area contributed by atoms with Crippen molar-refractivity contribution < 1.29 is 28.5 Å². The molecule has 0 bridgehead atoms. The first-order valence-electron chi connectivity index (χ1n) is 10.5. The lowest BCUT2D eigenvalue weighted by Crippen LogP contribution is -2.42. The normalized spacial score (nSPS) is 25.7. The number of likely N-dealkylation sites (tertiary alicyclic amines) is 1. The molecule has 1 aliphatic carbocycles. The number of aliphatic hydroxyl groups is 1. The van der Waals surface area contributed by atoms with E-state index in [4.69, 9.17) is 14.2 Å². The number of nitrogens with zero attached hydrogens (tertiary/aromatic N) is 1. The van der Waals surface area contributed by atoms with Crippen LogP contribution in [0.15, 0.2) is 42.5 Å². The smallest absolute Gasteiger partial charge is 0.337 e. The molecule has 1 heterocycles. The van der Waals surface area contributed by atoms with Crippen LogP contribution in [0.1, 0.15) is 28.8 Å². The Morgan fingerprint density at radius 2 is 1.81 bits per heavy atom. The zero-order chi connectivity index (χ0) is 22.0. The number of carbonyl (C=O) groups is 1. The van der Waals surface area contributed by atoms with E-state index in [0.717, 1.165) is 19.5 Å². The van der Waals surface area contributed by atoms with Gasteiger partial charge in [-0.15, -0.1) is 0 Å². The second-order valence-corrected chi connectivity index (χ2v) is 8.36. The van der Waals surface area contributed by atoms with E-state index in [0.29, 0.717) is 41.7 Å². The van der Waals surface area contributed by atoms with Gasteiger partial charge in [0.2, 0.25) is 0 Å². The van der Waals surface area contributed by atoms with E-state index in [9.17, 15) is 14.3 Å². The fourth-order valence-corrected chi connectivity index (χ4v) is 4.78. The average Bonchev–Trinajstić information content (AvgIpc) is 3.16. The molecule has 1 N–H and O–H groups in total. The van der Waals surface area contributed by atoms with Gasteiger partial charge in [-0.25, -0.2) is 9.18 Å². The van der Waals surface area contributed by atoms with E-state index in [1.165, 1.54) is 14.2 Å². The third-order valence-corrected chi connectivity index (χ3v) is 6.38. The summed E-state index contributed by atoms with van der Waals surface area (Å²) in [6.45, 7) is 2.20. The monoisotopic (exact) mass is 429 g/mol. The minimum absolute atomic E-state index is 0.260. The molecule has 0 spiro atoms. The molecule has 1 aliphatic heterocycles. The van der Waals surface area contributed by atoms with Gasteiger partial charge in [-0.1, -0.05) is 12.1 Å². The van der Waals surface area contributed by atoms with Gasteiger partial charge >= 0.3 is 5.97 Å². The Bertz CT molecular complexity index is 919. The van der Waals surface area contributed by atoms with Crippen LogP contribution in [0.25, 0.3) is 0 Å². The van der Waals surface area contributed by atoms with Crippen molar-refractivity contribution in [2.45, 2.75) is 31.6 Å². The van der Waals surface area contributed by atoms with Gasteiger partial charge in [-0.05, 0) is 55.0 Å². The summed E-state index contributed by atoms with van der Waals surface area (Å²) in [7, 11) is 2.81. The lowest BCUT2D eigenvalue weighted by atomic mass is 9.78. The highest BCUT2D eigenvalue weighted by Crippen LogP contribution is 2.39. The molecule has 1 saturated carbocycles. The summed E-state index contributed by atoms with van der Waals surface area (Å²) >= 11 is 0. The second-order valence-electron chi connectivity index (χ2n) is 8.36. The van der Waals surface area contributed by atoms with Crippen LogP contribution in [-0.4, -0.2) is 55.5 Å². The van der Waals surface area contributed by atoms with E-state index in [1.54, 1.807) is 42.5 Å². The van der Waals surface area contributed by atoms with Crippen LogP contribution in [0.2, 0.25) is 0 Å². The van der Waals surface area contributed by atoms with Gasteiger partial charge in [0.1, 0.15) is 11.9 Å². The first kappa shape index (κ1) is 21.6. The number of hydrogen-bond acceptors (Lipinski definition) is 6. The number of esters is 1. The predicted octanol–water partition coefficient (Wildman–Crippen LogP) is 3.27. The van der Waals surface area contributed by atoms with Crippen molar-refractivity contribution in [1.29, 1.82) is 0 Å². The molecule has 31 heavy (non-hydrogen) atoms. The van der Waals surface area contributed by atoms with Gasteiger partial charge in [0, 0.05) is 25.2 Å². The molecule has 0 amide bonds. The fourth-order valence-electron chi connectivity index (χ4n) is 4.78. The largest absolute Gasteiger partial charge is 0.494 e. The van der Waals surface area contributed by atoms with Crippen molar-refractivity contribution in [2.75, 3.05) is 27.3 Å². The minimum atomic E-state index is -0.560. The summed E-state index contributed by atoms with van der Waals surface area (Å²) in [5.41, 5.74) is 1.08. The number of aliphatic hydroxyl groups excluding tert-OH is 1. The molecule has 2 fully saturated rings. The van der Waals surface area contributed by atoms with E-state index in [-0.39, 0.29) is 17.7 Å². The van der Waals surface area contributed by atoms with Crippen LogP contribution in [0.3, 0.4) is 0 Å². The van der Waals surface area contributed by atoms with Gasteiger partial charge in [0.15, 0.2) is 11.6 Å². The Kier molecular flexibility index (Phi) is 6.43. The molecule has 0 unspecified atom stereocenters. The van der Waals surface area contributed by atoms with Crippen LogP contribution in [-0.2, 0) is 11.3 Å². The Labute approximate surface area is 181 Å². The lowest BCUT2D eigenvalue weighted by molar-refractivity contribution is -0.0231. The van der Waals surface area contributed by atoms with Crippen LogP contribution >= 0.6 is 0 Å². The van der Waals surface area contributed by atoms with Gasteiger partial charge in [-0.3, -0.25) is 4.90 Å². The number of benzene rings is 2. The van der Waals surface area contributed by atoms with Crippen LogP contribution < -0.4 is 9.47 Å². The molecular formula is C24H28FNO5. The topological polar surface area (TPSA) is 68.2 Å². The molecule has 7 heteroatoms. The SMILES string of the molecule is COC(=O)c1ccc(O[C@@H]2C[C@@H]3CN(Cc4cccc(OC)c4F)C[C@@H]3C[C@H]2O)cc1. The van der Waals surface area contributed by atoms with Gasteiger partial charge < -0.3 is 19.3 Å². The molecule has 2 aliphatic rings. The number of fused-ring (bicyclic) bond motifs is 1. The third kappa shape index (κ3) is 4.67. The van der Waals surface area contributed by atoms with Crippen molar-refractivity contribution >= 4 is 5.97 Å². The number of methoxy groups -OCH3 is 2. The van der Waals surface area contributed by atoms with Crippen LogP contribution in [0.5, 0.6) is 11.5 Å². The maximum Gasteiger partial charge on any atom is 0.337 e. The maximum absolute atomic E-state index is 14.5. The highest BCUT2D eigenvalue weighted by Gasteiger charge is 2.42. The van der Waals surface area contributed by atoms with Gasteiger partial charge in [0.05, 0.1) is 25.9 Å². The Balaban J connectivity index is 1.37. The number of ether oxygens (including phenoxy) is 3. The minimum Gasteiger partial charge on any atom is -0.494 e. The molecular weight excluding hydrogens is 401 g/mol. The quantitative estimate of drug-likeness (QED) is 0.711. The van der Waals surface area contributed by atoms with Crippen LogP contribution in [0.4, 0.5) is 4.39 Å². The van der Waals surface area contributed by atoms with E-state index in [1.807, 2.05) is 0 Å². The number of halogens is 1. The molecule has 0 aromatic heterocycles. The Morgan fingerprint density at radius 3 is 2.48 bits per heavy atom. The molecule has 6 nitrogen and oxygen atoms in total. The summed E-state index contributed by atoms with van der Waals surface area (Å²) in [6, 6.07) is 12.0. The molecule has 4 atom stereocenters. The lowest BCUT2D eigenvalue weighted by Gasteiger charge is -2.35. The third-order valence-electron chi connectivity index (χ3n) is 6.38. The van der Waals surface area contributed by atoms with Crippen molar-refractivity contribution in [3.8, 4) is 11.5 Å². The van der Waals surface area contributed by atoms with Crippen LogP contribution in [0, 0.1) is 17.7 Å². The van der Waals surface area contributed by atoms with Crippen molar-refractivity contribution in [3.63, 3.8) is 0 Å². The summed E-state index contributed by atoms with van der Waals surface area (Å²) < 4.78 is 30.4. The van der Waals surface area contributed by atoms with Crippen molar-refractivity contribution in [2.24, 2.45) is 11.8 Å². The zero-order valence-corrected chi connectivity index (χ0v) is 17.8. The number of carbonyl (C=O) groups excluding carboxylic acids is 1.